The predicted octanol–water partition coefficient (Wildman–Crippen LogP) is 2.89. The van der Waals surface area contributed by atoms with Crippen molar-refractivity contribution in [3.63, 3.8) is 0 Å². The van der Waals surface area contributed by atoms with Gasteiger partial charge in [0.25, 0.3) is 0 Å². The second-order valence-electron chi connectivity index (χ2n) is 3.21. The molecule has 1 aromatic carbocycles. The molecule has 0 unspecified atom stereocenters. The number of pyridine rings is 1. The molecule has 0 amide bonds. The Morgan fingerprint density at radius 2 is 1.93 bits per heavy atom. The van der Waals surface area contributed by atoms with Gasteiger partial charge in [0.2, 0.25) is 0 Å². The van der Waals surface area contributed by atoms with Crippen LogP contribution in [-0.2, 0) is 0 Å². The SMILES string of the molecule is Cc1ccc(Oc2ccccc2O)cn1. The van der Waals surface area contributed by atoms with Gasteiger partial charge in [-0.3, -0.25) is 4.98 Å². The van der Waals surface area contributed by atoms with E-state index < -0.39 is 0 Å². The molecule has 3 heteroatoms. The third-order valence-corrected chi connectivity index (χ3v) is 1.98. The van der Waals surface area contributed by atoms with Gasteiger partial charge in [-0.15, -0.1) is 0 Å². The Kier molecular flexibility index (Phi) is 2.54. The van der Waals surface area contributed by atoms with E-state index in [0.29, 0.717) is 11.5 Å². The first-order valence-electron chi connectivity index (χ1n) is 4.64. The monoisotopic (exact) mass is 201 g/mol. The third kappa shape index (κ3) is 2.26. The van der Waals surface area contributed by atoms with Crippen LogP contribution in [0.15, 0.2) is 42.6 Å². The molecule has 0 saturated heterocycles. The van der Waals surface area contributed by atoms with E-state index in [1.54, 1.807) is 30.5 Å². The van der Waals surface area contributed by atoms with Crippen molar-refractivity contribution in [2.75, 3.05) is 0 Å². The molecule has 0 saturated carbocycles. The summed E-state index contributed by atoms with van der Waals surface area (Å²) in [6, 6.07) is 10.5. The van der Waals surface area contributed by atoms with Gasteiger partial charge >= 0.3 is 0 Å². The molecule has 0 aliphatic rings. The van der Waals surface area contributed by atoms with Gasteiger partial charge in [-0.05, 0) is 31.2 Å². The van der Waals surface area contributed by atoms with Crippen LogP contribution in [0.1, 0.15) is 5.69 Å². The van der Waals surface area contributed by atoms with Gasteiger partial charge in [-0.25, -0.2) is 0 Å². The Labute approximate surface area is 88.0 Å². The third-order valence-electron chi connectivity index (χ3n) is 1.98. The molecule has 3 nitrogen and oxygen atoms in total. The number of aryl methyl sites for hydroxylation is 1. The minimum absolute atomic E-state index is 0.123. The van der Waals surface area contributed by atoms with E-state index in [4.69, 9.17) is 4.74 Å². The largest absolute Gasteiger partial charge is 0.504 e. The van der Waals surface area contributed by atoms with Crippen molar-refractivity contribution in [1.29, 1.82) is 0 Å². The van der Waals surface area contributed by atoms with Gasteiger partial charge in [-0.1, -0.05) is 12.1 Å². The molecule has 0 fully saturated rings. The number of phenols is 1. The first-order chi connectivity index (χ1) is 7.25. The van der Waals surface area contributed by atoms with Gasteiger partial charge in [-0.2, -0.15) is 0 Å². The van der Waals surface area contributed by atoms with Gasteiger partial charge in [0.1, 0.15) is 5.75 Å². The quantitative estimate of drug-likeness (QED) is 0.812. The zero-order valence-electron chi connectivity index (χ0n) is 8.34. The summed E-state index contributed by atoms with van der Waals surface area (Å²) in [5.41, 5.74) is 0.930. The zero-order valence-corrected chi connectivity index (χ0v) is 8.34. The highest BCUT2D eigenvalue weighted by atomic mass is 16.5. The lowest BCUT2D eigenvalue weighted by molar-refractivity contribution is 0.410. The molecule has 0 bridgehead atoms. The Balaban J connectivity index is 2.22. The second-order valence-corrected chi connectivity index (χ2v) is 3.21. The van der Waals surface area contributed by atoms with E-state index in [0.717, 1.165) is 5.69 Å². The summed E-state index contributed by atoms with van der Waals surface area (Å²) in [5, 5.41) is 9.48. The Bertz CT molecular complexity index is 451. The van der Waals surface area contributed by atoms with Crippen molar-refractivity contribution in [2.45, 2.75) is 6.92 Å². The molecule has 0 radical (unpaired) electrons. The van der Waals surface area contributed by atoms with Gasteiger partial charge < -0.3 is 9.84 Å². The predicted molar refractivity (Wildman–Crippen MR) is 57.2 cm³/mol. The van der Waals surface area contributed by atoms with Crippen LogP contribution in [0.25, 0.3) is 0 Å². The van der Waals surface area contributed by atoms with Gasteiger partial charge in [0.15, 0.2) is 11.5 Å². The number of aromatic hydroxyl groups is 1. The van der Waals surface area contributed by atoms with E-state index in [1.165, 1.54) is 0 Å². The highest BCUT2D eigenvalue weighted by Gasteiger charge is 2.01. The van der Waals surface area contributed by atoms with Crippen molar-refractivity contribution in [3.05, 3.63) is 48.3 Å². The summed E-state index contributed by atoms with van der Waals surface area (Å²) < 4.78 is 5.45. The fraction of sp³-hybridized carbons (Fsp3) is 0.0833. The summed E-state index contributed by atoms with van der Waals surface area (Å²) in [4.78, 5) is 4.10. The number of hydrogen-bond acceptors (Lipinski definition) is 3. The zero-order chi connectivity index (χ0) is 10.7. The van der Waals surface area contributed by atoms with Crippen LogP contribution in [0.3, 0.4) is 0 Å². The molecule has 1 heterocycles. The number of benzene rings is 1. The second kappa shape index (κ2) is 4.00. The maximum atomic E-state index is 9.48. The fourth-order valence-electron chi connectivity index (χ4n) is 1.19. The van der Waals surface area contributed by atoms with Crippen molar-refractivity contribution < 1.29 is 9.84 Å². The highest BCUT2D eigenvalue weighted by molar-refractivity contribution is 5.41. The van der Waals surface area contributed by atoms with E-state index in [2.05, 4.69) is 4.98 Å². The van der Waals surface area contributed by atoms with Crippen molar-refractivity contribution in [3.8, 4) is 17.2 Å². The maximum Gasteiger partial charge on any atom is 0.169 e. The molecule has 15 heavy (non-hydrogen) atoms. The molecule has 0 aliphatic carbocycles. The number of hydrogen-bond donors (Lipinski definition) is 1. The standard InChI is InChI=1S/C12H11NO2/c1-9-6-7-10(8-13-9)15-12-5-3-2-4-11(12)14/h2-8,14H,1H3. The van der Waals surface area contributed by atoms with Crippen molar-refractivity contribution in [2.24, 2.45) is 0 Å². The Morgan fingerprint density at radius 3 is 2.60 bits per heavy atom. The minimum atomic E-state index is 0.123. The number of para-hydroxylation sites is 2. The number of rotatable bonds is 2. The summed E-state index contributed by atoms with van der Waals surface area (Å²) in [6.07, 6.45) is 1.63. The molecule has 1 N–H and O–H groups in total. The number of nitrogens with zero attached hydrogens (tertiary/aromatic N) is 1. The van der Waals surface area contributed by atoms with E-state index in [9.17, 15) is 5.11 Å². The summed E-state index contributed by atoms with van der Waals surface area (Å²) in [7, 11) is 0. The first kappa shape index (κ1) is 9.52. The van der Waals surface area contributed by atoms with Crippen LogP contribution in [0, 0.1) is 6.92 Å². The Hall–Kier alpha value is -2.03. The lowest BCUT2D eigenvalue weighted by Gasteiger charge is -2.06. The normalized spacial score (nSPS) is 9.93. The average Bonchev–Trinajstić information content (AvgIpc) is 2.25. The molecule has 76 valence electrons. The van der Waals surface area contributed by atoms with Crippen LogP contribution in [0.5, 0.6) is 17.2 Å². The smallest absolute Gasteiger partial charge is 0.169 e. The molecule has 2 aromatic rings. The van der Waals surface area contributed by atoms with E-state index in [-0.39, 0.29) is 5.75 Å². The summed E-state index contributed by atoms with van der Waals surface area (Å²) in [6.45, 7) is 1.91. The molecular weight excluding hydrogens is 190 g/mol. The van der Waals surface area contributed by atoms with Crippen molar-refractivity contribution >= 4 is 0 Å². The summed E-state index contributed by atoms with van der Waals surface area (Å²) in [5.74, 6) is 1.17. The minimum Gasteiger partial charge on any atom is -0.504 e. The van der Waals surface area contributed by atoms with E-state index >= 15 is 0 Å². The van der Waals surface area contributed by atoms with Crippen LogP contribution in [0.2, 0.25) is 0 Å². The molecule has 0 aliphatic heterocycles. The van der Waals surface area contributed by atoms with Gasteiger partial charge in [0.05, 0.1) is 6.20 Å². The topological polar surface area (TPSA) is 42.4 Å². The molecule has 2 rings (SSSR count). The number of ether oxygens (including phenoxy) is 1. The first-order valence-corrected chi connectivity index (χ1v) is 4.64. The van der Waals surface area contributed by atoms with Crippen molar-refractivity contribution in [1.82, 2.24) is 4.98 Å². The number of phenolic OH excluding ortho intramolecular Hbond substituents is 1. The summed E-state index contributed by atoms with van der Waals surface area (Å²) >= 11 is 0. The van der Waals surface area contributed by atoms with Crippen LogP contribution in [0.4, 0.5) is 0 Å². The molecule has 0 spiro atoms. The molecular formula is C12H11NO2. The molecule has 0 atom stereocenters. The number of aromatic nitrogens is 1. The Morgan fingerprint density at radius 1 is 1.13 bits per heavy atom. The average molecular weight is 201 g/mol. The fourth-order valence-corrected chi connectivity index (χ4v) is 1.19. The lowest BCUT2D eigenvalue weighted by Crippen LogP contribution is -1.86. The lowest BCUT2D eigenvalue weighted by atomic mass is 10.3. The van der Waals surface area contributed by atoms with Crippen LogP contribution in [-0.4, -0.2) is 10.1 Å². The van der Waals surface area contributed by atoms with Crippen LogP contribution < -0.4 is 4.74 Å². The van der Waals surface area contributed by atoms with Gasteiger partial charge in [0, 0.05) is 5.69 Å². The molecule has 1 aromatic heterocycles. The van der Waals surface area contributed by atoms with E-state index in [1.807, 2.05) is 19.1 Å². The highest BCUT2D eigenvalue weighted by Crippen LogP contribution is 2.29. The maximum absolute atomic E-state index is 9.48. The van der Waals surface area contributed by atoms with Crippen LogP contribution >= 0.6 is 0 Å².